The Bertz CT molecular complexity index is 1110. The van der Waals surface area contributed by atoms with Crippen LogP contribution in [0.4, 0.5) is 0 Å². The van der Waals surface area contributed by atoms with Crippen LogP contribution in [0.3, 0.4) is 0 Å². The Kier molecular flexibility index (Phi) is 5.60. The predicted octanol–water partition coefficient (Wildman–Crippen LogP) is 1.19. The van der Waals surface area contributed by atoms with Crippen molar-refractivity contribution in [3.8, 4) is 5.88 Å². The lowest BCUT2D eigenvalue weighted by Gasteiger charge is -2.19. The van der Waals surface area contributed by atoms with Gasteiger partial charge in [0.2, 0.25) is 11.5 Å². The SMILES string of the molecule is CC(C)C[n+]1c(O)c(C(=O)NC2CC2)c(=O)n2[nH]cc(/C=C/C(=O)N3CCC[C@@H]3C)c21. The molecule has 0 spiro atoms. The standard InChI is InChI=1S/C22H29N5O4/c1-13(2)12-26-20-15(6-9-17(28)25-10-4-5-14(25)3)11-23-27(20)22(31)18(21(26)30)19(29)24-16-7-8-16/h6,9,11,13-14,16H,4-5,7-8,10,12H2,1-3H3,(H2,24,29,30,31)/p+1/b9-6+/t14-/m0/s1. The van der Waals surface area contributed by atoms with Gasteiger partial charge in [-0.15, -0.1) is 0 Å². The summed E-state index contributed by atoms with van der Waals surface area (Å²) in [7, 11) is 0. The Labute approximate surface area is 180 Å². The smallest absolute Gasteiger partial charge is 0.378 e. The molecule has 1 saturated heterocycles. The summed E-state index contributed by atoms with van der Waals surface area (Å²) in [5.74, 6) is -0.852. The van der Waals surface area contributed by atoms with Gasteiger partial charge in [0.25, 0.3) is 5.91 Å². The van der Waals surface area contributed by atoms with Crippen LogP contribution in [-0.4, -0.2) is 50.1 Å². The van der Waals surface area contributed by atoms with E-state index in [0.717, 1.165) is 32.2 Å². The maximum absolute atomic E-state index is 13.0. The van der Waals surface area contributed by atoms with Crippen LogP contribution in [0.15, 0.2) is 17.1 Å². The van der Waals surface area contributed by atoms with Crippen LogP contribution in [0.2, 0.25) is 0 Å². The van der Waals surface area contributed by atoms with Crippen LogP contribution in [0.1, 0.15) is 62.4 Å². The molecule has 1 aliphatic carbocycles. The molecule has 0 aromatic carbocycles. The van der Waals surface area contributed by atoms with Crippen molar-refractivity contribution in [2.75, 3.05) is 6.54 Å². The highest BCUT2D eigenvalue weighted by atomic mass is 16.3. The second kappa shape index (κ2) is 8.20. The van der Waals surface area contributed by atoms with E-state index < -0.39 is 11.5 Å². The van der Waals surface area contributed by atoms with Crippen LogP contribution in [0, 0.1) is 5.92 Å². The van der Waals surface area contributed by atoms with Gasteiger partial charge >= 0.3 is 17.1 Å². The van der Waals surface area contributed by atoms with Crippen molar-refractivity contribution in [3.63, 3.8) is 0 Å². The third kappa shape index (κ3) is 4.08. The molecule has 3 heterocycles. The fourth-order valence-corrected chi connectivity index (χ4v) is 4.13. The molecule has 9 nitrogen and oxygen atoms in total. The Morgan fingerprint density at radius 3 is 2.71 bits per heavy atom. The van der Waals surface area contributed by atoms with E-state index in [1.807, 2.05) is 25.7 Å². The molecule has 2 aromatic heterocycles. The van der Waals surface area contributed by atoms with E-state index in [1.165, 1.54) is 10.6 Å². The zero-order valence-corrected chi connectivity index (χ0v) is 18.2. The molecule has 31 heavy (non-hydrogen) atoms. The first-order valence-electron chi connectivity index (χ1n) is 11.0. The predicted molar refractivity (Wildman–Crippen MR) is 115 cm³/mol. The van der Waals surface area contributed by atoms with Gasteiger partial charge in [0.05, 0.1) is 18.3 Å². The van der Waals surface area contributed by atoms with Crippen LogP contribution in [0.5, 0.6) is 5.88 Å². The molecular weight excluding hydrogens is 398 g/mol. The second-order valence-corrected chi connectivity index (χ2v) is 9.00. The van der Waals surface area contributed by atoms with Crippen molar-refractivity contribution >= 4 is 23.5 Å². The molecule has 2 fully saturated rings. The number of carbonyl (C=O) groups is 2. The summed E-state index contributed by atoms with van der Waals surface area (Å²) >= 11 is 0. The number of hydrogen-bond donors (Lipinski definition) is 3. The number of rotatable bonds is 6. The molecule has 0 bridgehead atoms. The summed E-state index contributed by atoms with van der Waals surface area (Å²) < 4.78 is 2.82. The van der Waals surface area contributed by atoms with Gasteiger partial charge < -0.3 is 15.3 Å². The van der Waals surface area contributed by atoms with Crippen molar-refractivity contribution < 1.29 is 19.3 Å². The normalized spacial score (nSPS) is 19.1. The van der Waals surface area contributed by atoms with Crippen LogP contribution < -0.4 is 15.4 Å². The number of carbonyl (C=O) groups excluding carboxylic acids is 2. The first-order valence-corrected chi connectivity index (χ1v) is 11.0. The van der Waals surface area contributed by atoms with Crippen molar-refractivity contribution in [3.05, 3.63) is 33.8 Å². The highest BCUT2D eigenvalue weighted by Gasteiger charge is 2.34. The number of hydrogen-bond acceptors (Lipinski definition) is 4. The zero-order valence-electron chi connectivity index (χ0n) is 18.2. The number of amides is 2. The van der Waals surface area contributed by atoms with E-state index in [0.29, 0.717) is 17.8 Å². The summed E-state index contributed by atoms with van der Waals surface area (Å²) in [6.45, 7) is 7.14. The van der Waals surface area contributed by atoms with Crippen molar-refractivity contribution in [2.45, 2.75) is 65.1 Å². The van der Waals surface area contributed by atoms with Gasteiger partial charge in [-0.1, -0.05) is 18.4 Å². The van der Waals surface area contributed by atoms with E-state index in [2.05, 4.69) is 10.4 Å². The lowest BCUT2D eigenvalue weighted by molar-refractivity contribution is -0.686. The van der Waals surface area contributed by atoms with Crippen LogP contribution in [-0.2, 0) is 11.3 Å². The molecule has 9 heteroatoms. The fraction of sp³-hybridized carbons (Fsp3) is 0.545. The third-order valence-electron chi connectivity index (χ3n) is 5.90. The van der Waals surface area contributed by atoms with E-state index in [-0.39, 0.29) is 35.4 Å². The lowest BCUT2D eigenvalue weighted by atomic mass is 10.2. The van der Waals surface area contributed by atoms with E-state index in [4.69, 9.17) is 0 Å². The largest absolute Gasteiger partial charge is 0.477 e. The Morgan fingerprint density at radius 1 is 1.35 bits per heavy atom. The number of aromatic hydroxyl groups is 1. The lowest BCUT2D eigenvalue weighted by Crippen LogP contribution is -2.46. The summed E-state index contributed by atoms with van der Waals surface area (Å²) in [5, 5.41) is 16.6. The minimum absolute atomic E-state index is 0.0617. The molecule has 1 atom stereocenters. The maximum atomic E-state index is 13.0. The molecule has 166 valence electrons. The number of likely N-dealkylation sites (tertiary alicyclic amines) is 1. The Hall–Kier alpha value is -3.10. The van der Waals surface area contributed by atoms with Crippen LogP contribution >= 0.6 is 0 Å². The van der Waals surface area contributed by atoms with Gasteiger partial charge in [-0.25, -0.2) is 9.89 Å². The molecule has 1 saturated carbocycles. The van der Waals surface area contributed by atoms with Gasteiger partial charge in [0.1, 0.15) is 0 Å². The number of nitrogens with zero attached hydrogens (tertiary/aromatic N) is 3. The molecule has 2 aliphatic rings. The van der Waals surface area contributed by atoms with E-state index >= 15 is 0 Å². The zero-order chi connectivity index (χ0) is 22.3. The summed E-state index contributed by atoms with van der Waals surface area (Å²) in [6, 6.07) is 0.275. The average molecular weight is 429 g/mol. The van der Waals surface area contributed by atoms with Crippen molar-refractivity contribution in [1.82, 2.24) is 19.8 Å². The molecule has 1 aliphatic heterocycles. The summed E-state index contributed by atoms with van der Waals surface area (Å²) in [6.07, 6.45) is 8.51. The molecule has 2 aromatic rings. The van der Waals surface area contributed by atoms with Crippen molar-refractivity contribution in [2.24, 2.45) is 5.92 Å². The minimum Gasteiger partial charge on any atom is -0.477 e. The average Bonchev–Trinajstić information content (AvgIpc) is 3.24. The van der Waals surface area contributed by atoms with Crippen molar-refractivity contribution in [1.29, 1.82) is 0 Å². The minimum atomic E-state index is -0.621. The van der Waals surface area contributed by atoms with Gasteiger partial charge in [0.15, 0.2) is 0 Å². The number of fused-ring (bicyclic) bond motifs is 1. The highest BCUT2D eigenvalue weighted by molar-refractivity contribution is 5.96. The van der Waals surface area contributed by atoms with Gasteiger partial charge in [0, 0.05) is 24.7 Å². The van der Waals surface area contributed by atoms with Gasteiger partial charge in [-0.3, -0.25) is 9.59 Å². The molecule has 2 amide bonds. The number of nitrogens with one attached hydrogen (secondary N) is 2. The Balaban J connectivity index is 1.77. The third-order valence-corrected chi connectivity index (χ3v) is 5.90. The first kappa shape index (κ1) is 21.1. The molecule has 0 unspecified atom stereocenters. The molecule has 3 N–H and O–H groups in total. The summed E-state index contributed by atoms with van der Waals surface area (Å²) in [4.78, 5) is 40.1. The number of H-pyrrole nitrogens is 1. The highest BCUT2D eigenvalue weighted by Crippen LogP contribution is 2.21. The molecule has 0 radical (unpaired) electrons. The topological polar surface area (TPSA) is 111 Å². The van der Waals surface area contributed by atoms with Crippen LogP contribution in [0.25, 0.3) is 11.7 Å². The number of aromatic amines is 1. The van der Waals surface area contributed by atoms with Gasteiger partial charge in [-0.05, 0) is 44.6 Å². The monoisotopic (exact) mass is 428 g/mol. The second-order valence-electron chi connectivity index (χ2n) is 9.00. The fourth-order valence-electron chi connectivity index (χ4n) is 4.13. The molecule has 4 rings (SSSR count). The Morgan fingerprint density at radius 2 is 2.10 bits per heavy atom. The van der Waals surface area contributed by atoms with E-state index in [9.17, 15) is 19.5 Å². The maximum Gasteiger partial charge on any atom is 0.378 e. The van der Waals surface area contributed by atoms with E-state index in [1.54, 1.807) is 16.8 Å². The van der Waals surface area contributed by atoms with Gasteiger partial charge in [-0.2, -0.15) is 4.57 Å². The first-order chi connectivity index (χ1) is 14.8. The quantitative estimate of drug-likeness (QED) is 0.474. The summed E-state index contributed by atoms with van der Waals surface area (Å²) in [5.41, 5.74) is 0.106. The molecular formula is C22H30N5O4+. The number of aromatic nitrogens is 3.